The molecule has 0 unspecified atom stereocenters. The van der Waals surface area contributed by atoms with Gasteiger partial charge in [0.1, 0.15) is 11.5 Å². The van der Waals surface area contributed by atoms with Crippen molar-refractivity contribution >= 4 is 5.91 Å². The summed E-state index contributed by atoms with van der Waals surface area (Å²) in [4.78, 5) is 14.4. The van der Waals surface area contributed by atoms with Crippen LogP contribution < -0.4 is 5.73 Å². The highest BCUT2D eigenvalue weighted by molar-refractivity contribution is 5.78. The quantitative estimate of drug-likeness (QED) is 0.887. The molecule has 0 bridgehead atoms. The normalized spacial score (nSPS) is 24.9. The number of fused-ring (bicyclic) bond motifs is 1. The van der Waals surface area contributed by atoms with Crippen LogP contribution in [0.25, 0.3) is 0 Å². The first-order valence-corrected chi connectivity index (χ1v) is 9.71. The van der Waals surface area contributed by atoms with Gasteiger partial charge in [-0.15, -0.1) is 0 Å². The lowest BCUT2D eigenvalue weighted by Gasteiger charge is -2.28. The summed E-state index contributed by atoms with van der Waals surface area (Å²) in [5, 5.41) is 8.71. The van der Waals surface area contributed by atoms with E-state index in [2.05, 4.69) is 29.0 Å². The van der Waals surface area contributed by atoms with Crippen molar-refractivity contribution in [1.82, 2.24) is 19.8 Å². The molecular formula is C20H29N5O2. The van der Waals surface area contributed by atoms with E-state index in [9.17, 15) is 4.79 Å². The summed E-state index contributed by atoms with van der Waals surface area (Å²) in [6, 6.07) is 0. The number of amides is 1. The van der Waals surface area contributed by atoms with Gasteiger partial charge in [-0.25, -0.2) is 0 Å². The van der Waals surface area contributed by atoms with Crippen molar-refractivity contribution in [2.24, 2.45) is 24.1 Å². The third-order valence-electron chi connectivity index (χ3n) is 6.44. The molecule has 0 saturated carbocycles. The molecule has 1 saturated heterocycles. The molecule has 2 atom stereocenters. The smallest absolute Gasteiger partial charge is 0.222 e. The van der Waals surface area contributed by atoms with Gasteiger partial charge in [-0.2, -0.15) is 5.10 Å². The maximum atomic E-state index is 12.1. The molecular weight excluding hydrogens is 342 g/mol. The fraction of sp³-hybridized carbons (Fsp3) is 0.650. The Labute approximate surface area is 159 Å². The van der Waals surface area contributed by atoms with Crippen LogP contribution in [0.15, 0.2) is 10.7 Å². The Kier molecular flexibility index (Phi) is 4.37. The molecule has 3 heterocycles. The lowest BCUT2D eigenvalue weighted by Crippen LogP contribution is -2.29. The molecule has 2 aromatic heterocycles. The number of hydrogen-bond acceptors (Lipinski definition) is 5. The molecule has 1 aliphatic heterocycles. The molecule has 1 aliphatic carbocycles. The predicted octanol–water partition coefficient (Wildman–Crippen LogP) is 1.93. The van der Waals surface area contributed by atoms with E-state index in [1.54, 1.807) is 0 Å². The van der Waals surface area contributed by atoms with Gasteiger partial charge < -0.3 is 10.3 Å². The Hall–Kier alpha value is -2.15. The number of carbonyl (C=O) groups is 1. The SMILES string of the molecule is Cc1c([C@@H]2CN(Cc3noc4c3CC(C)(C)CC4)C[C@H]2C(N)=O)cnn1C. The molecule has 146 valence electrons. The molecule has 2 aliphatic rings. The van der Waals surface area contributed by atoms with E-state index in [-0.39, 0.29) is 23.2 Å². The van der Waals surface area contributed by atoms with E-state index >= 15 is 0 Å². The lowest BCUT2D eigenvalue weighted by molar-refractivity contribution is -0.121. The van der Waals surface area contributed by atoms with Gasteiger partial charge in [0.2, 0.25) is 5.91 Å². The number of nitrogens with zero attached hydrogens (tertiary/aromatic N) is 4. The number of aromatic nitrogens is 3. The minimum Gasteiger partial charge on any atom is -0.369 e. The van der Waals surface area contributed by atoms with Gasteiger partial charge in [0.15, 0.2) is 0 Å². The Morgan fingerprint density at radius 1 is 1.41 bits per heavy atom. The number of rotatable bonds is 4. The van der Waals surface area contributed by atoms with E-state index in [1.165, 1.54) is 5.56 Å². The number of nitrogens with two attached hydrogens (primary N) is 1. The van der Waals surface area contributed by atoms with Gasteiger partial charge in [-0.05, 0) is 30.7 Å². The summed E-state index contributed by atoms with van der Waals surface area (Å²) in [5.74, 6) is 0.672. The monoisotopic (exact) mass is 371 g/mol. The number of aryl methyl sites for hydroxylation is 2. The zero-order valence-electron chi connectivity index (χ0n) is 16.7. The van der Waals surface area contributed by atoms with Crippen molar-refractivity contribution in [3.05, 3.63) is 34.5 Å². The Bertz CT molecular complexity index is 866. The largest absolute Gasteiger partial charge is 0.369 e. The molecule has 1 fully saturated rings. The molecule has 7 nitrogen and oxygen atoms in total. The number of likely N-dealkylation sites (tertiary alicyclic amines) is 1. The van der Waals surface area contributed by atoms with Crippen LogP contribution in [-0.2, 0) is 31.2 Å². The second kappa shape index (κ2) is 6.48. The summed E-state index contributed by atoms with van der Waals surface area (Å²) in [5.41, 5.74) is 10.5. The van der Waals surface area contributed by atoms with Crippen LogP contribution in [0.4, 0.5) is 0 Å². The van der Waals surface area contributed by atoms with Crippen LogP contribution in [0, 0.1) is 18.3 Å². The molecule has 1 amide bonds. The average molecular weight is 371 g/mol. The number of primary amides is 1. The van der Waals surface area contributed by atoms with Crippen molar-refractivity contribution in [3.63, 3.8) is 0 Å². The molecule has 4 rings (SSSR count). The third-order valence-corrected chi connectivity index (χ3v) is 6.44. The van der Waals surface area contributed by atoms with Gasteiger partial charge >= 0.3 is 0 Å². The standard InChI is InChI=1S/C20H29N5O2/c1-12-14(8-22-24(12)4)15-9-25(10-16(15)19(21)26)11-17-13-7-20(2,3)6-5-18(13)27-23-17/h8,15-16H,5-7,9-11H2,1-4H3,(H2,21,26)/t15-,16+/m0/s1. The molecule has 0 aromatic carbocycles. The molecule has 2 aromatic rings. The van der Waals surface area contributed by atoms with E-state index in [1.807, 2.05) is 24.9 Å². The van der Waals surface area contributed by atoms with E-state index in [4.69, 9.17) is 10.3 Å². The maximum Gasteiger partial charge on any atom is 0.222 e. The summed E-state index contributed by atoms with van der Waals surface area (Å²) in [6.45, 7) is 8.78. The average Bonchev–Trinajstić information content (AvgIpc) is 3.27. The van der Waals surface area contributed by atoms with Gasteiger partial charge in [0, 0.05) is 50.3 Å². The van der Waals surface area contributed by atoms with Crippen LogP contribution in [-0.4, -0.2) is 38.8 Å². The van der Waals surface area contributed by atoms with Crippen molar-refractivity contribution < 1.29 is 9.32 Å². The number of carbonyl (C=O) groups excluding carboxylic acids is 1. The van der Waals surface area contributed by atoms with Gasteiger partial charge in [0.25, 0.3) is 0 Å². The van der Waals surface area contributed by atoms with Crippen LogP contribution in [0.5, 0.6) is 0 Å². The van der Waals surface area contributed by atoms with Crippen molar-refractivity contribution in [3.8, 4) is 0 Å². The third kappa shape index (κ3) is 3.29. The van der Waals surface area contributed by atoms with Gasteiger partial charge in [-0.3, -0.25) is 14.4 Å². The second-order valence-corrected chi connectivity index (χ2v) is 8.99. The minimum absolute atomic E-state index is 0.0790. The van der Waals surface area contributed by atoms with Gasteiger partial charge in [-0.1, -0.05) is 19.0 Å². The first kappa shape index (κ1) is 18.2. The van der Waals surface area contributed by atoms with Gasteiger partial charge in [0.05, 0.1) is 12.1 Å². The second-order valence-electron chi connectivity index (χ2n) is 8.99. The molecule has 0 spiro atoms. The topological polar surface area (TPSA) is 90.2 Å². The zero-order chi connectivity index (χ0) is 19.3. The van der Waals surface area contributed by atoms with Crippen LogP contribution in [0.2, 0.25) is 0 Å². The van der Waals surface area contributed by atoms with Crippen LogP contribution >= 0.6 is 0 Å². The molecule has 27 heavy (non-hydrogen) atoms. The number of hydrogen-bond donors (Lipinski definition) is 1. The highest BCUT2D eigenvalue weighted by Gasteiger charge is 2.40. The Morgan fingerprint density at radius 2 is 2.19 bits per heavy atom. The van der Waals surface area contributed by atoms with E-state index in [0.717, 1.165) is 48.5 Å². The summed E-state index contributed by atoms with van der Waals surface area (Å²) < 4.78 is 7.47. The van der Waals surface area contributed by atoms with Crippen LogP contribution in [0.1, 0.15) is 54.5 Å². The van der Waals surface area contributed by atoms with Crippen molar-refractivity contribution in [2.45, 2.75) is 52.5 Å². The summed E-state index contributed by atoms with van der Waals surface area (Å²) in [7, 11) is 1.92. The fourth-order valence-electron chi connectivity index (χ4n) is 4.63. The lowest BCUT2D eigenvalue weighted by atomic mass is 9.76. The molecule has 0 radical (unpaired) electrons. The Balaban J connectivity index is 1.55. The fourth-order valence-corrected chi connectivity index (χ4v) is 4.63. The van der Waals surface area contributed by atoms with E-state index < -0.39 is 0 Å². The molecule has 2 N–H and O–H groups in total. The highest BCUT2D eigenvalue weighted by Crippen LogP contribution is 2.38. The minimum atomic E-state index is -0.242. The van der Waals surface area contributed by atoms with Crippen LogP contribution in [0.3, 0.4) is 0 Å². The summed E-state index contributed by atoms with van der Waals surface area (Å²) in [6.07, 6.45) is 4.96. The predicted molar refractivity (Wildman–Crippen MR) is 101 cm³/mol. The molecule has 7 heteroatoms. The van der Waals surface area contributed by atoms with Crippen molar-refractivity contribution in [2.75, 3.05) is 13.1 Å². The van der Waals surface area contributed by atoms with E-state index in [0.29, 0.717) is 13.1 Å². The first-order chi connectivity index (χ1) is 12.7. The Morgan fingerprint density at radius 3 is 2.85 bits per heavy atom. The first-order valence-electron chi connectivity index (χ1n) is 9.71. The summed E-state index contributed by atoms with van der Waals surface area (Å²) >= 11 is 0. The van der Waals surface area contributed by atoms with Crippen molar-refractivity contribution in [1.29, 1.82) is 0 Å². The maximum absolute atomic E-state index is 12.1. The zero-order valence-corrected chi connectivity index (χ0v) is 16.7. The highest BCUT2D eigenvalue weighted by atomic mass is 16.5.